The highest BCUT2D eigenvalue weighted by Crippen LogP contribution is 2.39. The molecule has 0 fully saturated rings. The summed E-state index contributed by atoms with van der Waals surface area (Å²) in [6.07, 6.45) is -4.28. The van der Waals surface area contributed by atoms with Gasteiger partial charge in [-0.15, -0.1) is 0 Å². The smallest absolute Gasteiger partial charge is 0.416 e. The van der Waals surface area contributed by atoms with Gasteiger partial charge < -0.3 is 15.4 Å². The van der Waals surface area contributed by atoms with Gasteiger partial charge in [0.2, 0.25) is 11.8 Å². The lowest BCUT2D eigenvalue weighted by molar-refractivity contribution is -0.137. The molecule has 0 radical (unpaired) electrons. The molecule has 2 atom stereocenters. The fraction of sp³-hybridized carbons (Fsp3) is 0.292. The van der Waals surface area contributed by atoms with Gasteiger partial charge in [0, 0.05) is 29.8 Å². The van der Waals surface area contributed by atoms with E-state index in [1.54, 1.807) is 19.2 Å². The third kappa shape index (κ3) is 4.76. The third-order valence-electron chi connectivity index (χ3n) is 5.90. The number of hydrogen-bond acceptors (Lipinski definition) is 4. The minimum absolute atomic E-state index is 0.0534. The number of ketones is 1. The number of Topliss-reactive ketones (excluding diaryl/α,β-unsaturated/α-hetero) is 1. The molecule has 0 saturated carbocycles. The van der Waals surface area contributed by atoms with Gasteiger partial charge in [-0.05, 0) is 48.2 Å². The molecule has 172 valence electrons. The van der Waals surface area contributed by atoms with Gasteiger partial charge in [0.1, 0.15) is 5.75 Å². The van der Waals surface area contributed by atoms with Crippen molar-refractivity contribution in [1.82, 2.24) is 5.32 Å². The van der Waals surface area contributed by atoms with Crippen molar-refractivity contribution in [2.45, 2.75) is 31.4 Å². The Labute approximate surface area is 187 Å². The number of alkyl halides is 3. The van der Waals surface area contributed by atoms with Crippen LogP contribution in [0.2, 0.25) is 0 Å². The summed E-state index contributed by atoms with van der Waals surface area (Å²) in [6.45, 7) is 0. The number of halogens is 3. The van der Waals surface area contributed by atoms with Crippen molar-refractivity contribution in [3.05, 3.63) is 70.9 Å². The van der Waals surface area contributed by atoms with E-state index in [0.717, 1.165) is 17.7 Å². The number of methoxy groups -OCH3 is 1. The molecule has 1 aliphatic heterocycles. The molecule has 1 heterocycles. The molecule has 0 bridgehead atoms. The highest BCUT2D eigenvalue weighted by atomic mass is 19.4. The van der Waals surface area contributed by atoms with Crippen molar-refractivity contribution in [1.29, 1.82) is 0 Å². The number of carbonyl (C=O) groups is 3. The summed E-state index contributed by atoms with van der Waals surface area (Å²) in [4.78, 5) is 38.3. The quantitative estimate of drug-likeness (QED) is 0.720. The van der Waals surface area contributed by atoms with Crippen LogP contribution < -0.4 is 15.4 Å². The molecule has 0 aromatic heterocycles. The van der Waals surface area contributed by atoms with Crippen molar-refractivity contribution in [2.75, 3.05) is 12.4 Å². The second-order valence-electron chi connectivity index (χ2n) is 8.07. The van der Waals surface area contributed by atoms with Crippen LogP contribution in [0.15, 0.2) is 59.8 Å². The van der Waals surface area contributed by atoms with Crippen molar-refractivity contribution < 1.29 is 32.3 Å². The van der Waals surface area contributed by atoms with Crippen LogP contribution >= 0.6 is 0 Å². The fourth-order valence-electron chi connectivity index (χ4n) is 4.30. The Kier molecular flexibility index (Phi) is 5.97. The molecule has 2 N–H and O–H groups in total. The maximum Gasteiger partial charge on any atom is 0.416 e. The number of benzene rings is 2. The molecule has 9 heteroatoms. The zero-order valence-corrected chi connectivity index (χ0v) is 17.7. The number of rotatable bonds is 4. The third-order valence-corrected chi connectivity index (χ3v) is 5.90. The molecule has 2 aliphatic rings. The topological polar surface area (TPSA) is 84.5 Å². The summed E-state index contributed by atoms with van der Waals surface area (Å²) in [5.41, 5.74) is 0.567. The SMILES string of the molecule is COc1ccc([C@@H]2CC(=O)C3=C(C2)NC(=O)C[C@H]3C(=O)Nc2cccc(C(F)(F)F)c2)cc1. The standard InChI is InChI=1S/C24H21F3N2O4/c1-33-17-7-5-13(6-8-17)14-9-19-22(20(30)10-14)18(12-21(31)29-19)23(32)28-16-4-2-3-15(11-16)24(25,26)27/h2-8,11,14,18H,9-10,12H2,1H3,(H,28,32)(H,29,31)/t14-,18+/m0/s1. The molecule has 2 amide bonds. The van der Waals surface area contributed by atoms with Crippen LogP contribution in [0.1, 0.15) is 36.3 Å². The van der Waals surface area contributed by atoms with Gasteiger partial charge in [-0.25, -0.2) is 0 Å². The lowest BCUT2D eigenvalue weighted by Gasteiger charge is -2.33. The lowest BCUT2D eigenvalue weighted by atomic mass is 9.75. The Hall–Kier alpha value is -3.62. The molecule has 1 aliphatic carbocycles. The van der Waals surface area contributed by atoms with Crippen LogP contribution in [0, 0.1) is 5.92 Å². The van der Waals surface area contributed by atoms with Gasteiger partial charge >= 0.3 is 6.18 Å². The van der Waals surface area contributed by atoms with Gasteiger partial charge in [-0.2, -0.15) is 13.2 Å². The normalized spacial score (nSPS) is 20.7. The average molecular weight is 458 g/mol. The maximum atomic E-state index is 13.0. The maximum absolute atomic E-state index is 13.0. The van der Waals surface area contributed by atoms with Crippen LogP contribution in [0.4, 0.5) is 18.9 Å². The minimum atomic E-state index is -4.56. The van der Waals surface area contributed by atoms with E-state index in [-0.39, 0.29) is 35.8 Å². The predicted molar refractivity (Wildman–Crippen MR) is 113 cm³/mol. The second kappa shape index (κ2) is 8.73. The molecule has 2 aromatic carbocycles. The summed E-state index contributed by atoms with van der Waals surface area (Å²) < 4.78 is 44.1. The van der Waals surface area contributed by atoms with Crippen molar-refractivity contribution in [3.8, 4) is 5.75 Å². The Balaban J connectivity index is 1.58. The van der Waals surface area contributed by atoms with Gasteiger partial charge in [0.25, 0.3) is 0 Å². The summed E-state index contributed by atoms with van der Waals surface area (Å²) in [6, 6.07) is 11.5. The summed E-state index contributed by atoms with van der Waals surface area (Å²) in [7, 11) is 1.55. The predicted octanol–water partition coefficient (Wildman–Crippen LogP) is 4.19. The molecular weight excluding hydrogens is 437 g/mol. The summed E-state index contributed by atoms with van der Waals surface area (Å²) >= 11 is 0. The average Bonchev–Trinajstić information content (AvgIpc) is 2.77. The molecular formula is C24H21F3N2O4. The van der Waals surface area contributed by atoms with Gasteiger partial charge in [-0.3, -0.25) is 14.4 Å². The first kappa shape index (κ1) is 22.6. The van der Waals surface area contributed by atoms with E-state index in [1.807, 2.05) is 12.1 Å². The number of amides is 2. The van der Waals surface area contributed by atoms with Gasteiger partial charge in [0.05, 0.1) is 18.6 Å². The molecule has 6 nitrogen and oxygen atoms in total. The van der Waals surface area contributed by atoms with Crippen LogP contribution in [-0.2, 0) is 20.6 Å². The van der Waals surface area contributed by atoms with Gasteiger partial charge in [-0.1, -0.05) is 18.2 Å². The molecule has 2 aromatic rings. The van der Waals surface area contributed by atoms with Gasteiger partial charge in [0.15, 0.2) is 5.78 Å². The van der Waals surface area contributed by atoms with E-state index in [4.69, 9.17) is 4.74 Å². The Morgan fingerprint density at radius 2 is 1.79 bits per heavy atom. The highest BCUT2D eigenvalue weighted by molar-refractivity contribution is 6.09. The first-order valence-corrected chi connectivity index (χ1v) is 10.3. The summed E-state index contributed by atoms with van der Waals surface area (Å²) in [5, 5.41) is 5.15. The number of anilines is 1. The van der Waals surface area contributed by atoms with Crippen molar-refractivity contribution >= 4 is 23.3 Å². The fourth-order valence-corrected chi connectivity index (χ4v) is 4.30. The second-order valence-corrected chi connectivity index (χ2v) is 8.07. The lowest BCUT2D eigenvalue weighted by Crippen LogP contribution is -2.43. The molecule has 0 spiro atoms. The largest absolute Gasteiger partial charge is 0.497 e. The first-order chi connectivity index (χ1) is 15.7. The van der Waals surface area contributed by atoms with E-state index in [0.29, 0.717) is 17.9 Å². The van der Waals surface area contributed by atoms with E-state index in [1.165, 1.54) is 12.1 Å². The molecule has 33 heavy (non-hydrogen) atoms. The first-order valence-electron chi connectivity index (χ1n) is 10.3. The van der Waals surface area contributed by atoms with Crippen LogP contribution in [-0.4, -0.2) is 24.7 Å². The number of hydrogen-bond donors (Lipinski definition) is 2. The van der Waals surface area contributed by atoms with E-state index in [9.17, 15) is 27.6 Å². The molecule has 0 unspecified atom stereocenters. The van der Waals surface area contributed by atoms with Crippen LogP contribution in [0.3, 0.4) is 0 Å². The highest BCUT2D eigenvalue weighted by Gasteiger charge is 2.41. The summed E-state index contributed by atoms with van der Waals surface area (Å²) in [5.74, 6) is -1.92. The number of carbonyl (C=O) groups excluding carboxylic acids is 3. The van der Waals surface area contributed by atoms with Crippen molar-refractivity contribution in [3.63, 3.8) is 0 Å². The molecule has 4 rings (SSSR count). The van der Waals surface area contributed by atoms with E-state index in [2.05, 4.69) is 10.6 Å². The van der Waals surface area contributed by atoms with Crippen LogP contribution in [0.25, 0.3) is 0 Å². The number of ether oxygens (including phenoxy) is 1. The Bertz CT molecular complexity index is 1140. The number of allylic oxidation sites excluding steroid dienone is 1. The minimum Gasteiger partial charge on any atom is -0.497 e. The zero-order chi connectivity index (χ0) is 23.8. The van der Waals surface area contributed by atoms with Crippen LogP contribution in [0.5, 0.6) is 5.75 Å². The Morgan fingerprint density at radius 1 is 1.06 bits per heavy atom. The monoisotopic (exact) mass is 458 g/mol. The van der Waals surface area contributed by atoms with E-state index >= 15 is 0 Å². The number of nitrogens with one attached hydrogen (secondary N) is 2. The van der Waals surface area contributed by atoms with E-state index < -0.39 is 29.5 Å². The van der Waals surface area contributed by atoms with Crippen molar-refractivity contribution in [2.24, 2.45) is 5.92 Å². The zero-order valence-electron chi connectivity index (χ0n) is 17.7. The molecule has 0 saturated heterocycles. The Morgan fingerprint density at radius 3 is 2.45 bits per heavy atom.